The highest BCUT2D eigenvalue weighted by atomic mass is 19.4. The number of nitrogens with two attached hydrogens (primary N) is 1. The molecule has 0 aliphatic heterocycles. The number of carbonyl (C=O) groups is 1. The molecule has 2 aromatic heterocycles. The van der Waals surface area contributed by atoms with E-state index < -0.39 is 17.6 Å². The maximum Gasteiger partial charge on any atom is 0.416 e. The normalized spacial score (nSPS) is 11.9. The summed E-state index contributed by atoms with van der Waals surface area (Å²) in [6.45, 7) is 2.45. The number of halogens is 3. The molecule has 0 aliphatic carbocycles. The van der Waals surface area contributed by atoms with Gasteiger partial charge in [-0.05, 0) is 36.8 Å². The first-order valence-electron chi connectivity index (χ1n) is 9.83. The Morgan fingerprint density at radius 3 is 2.48 bits per heavy atom. The van der Waals surface area contributed by atoms with Crippen LogP contribution in [-0.4, -0.2) is 27.0 Å². The number of alkyl halides is 3. The first-order valence-corrected chi connectivity index (χ1v) is 9.83. The third-order valence-electron chi connectivity index (χ3n) is 4.97. The zero-order valence-electron chi connectivity index (χ0n) is 16.7. The molecule has 0 aliphatic rings. The second kappa shape index (κ2) is 7.90. The molecule has 1 amide bonds. The van der Waals surface area contributed by atoms with Gasteiger partial charge in [-0.25, -0.2) is 9.97 Å². The molecule has 0 atom stereocenters. The van der Waals surface area contributed by atoms with Gasteiger partial charge >= 0.3 is 6.18 Å². The molecule has 0 fully saturated rings. The lowest BCUT2D eigenvalue weighted by Crippen LogP contribution is -2.25. The number of anilines is 1. The fraction of sp³-hybridized carbons (Fsp3) is 0.227. The van der Waals surface area contributed by atoms with Gasteiger partial charge in [-0.1, -0.05) is 31.5 Å². The minimum Gasteiger partial charge on any atom is -0.384 e. The van der Waals surface area contributed by atoms with Gasteiger partial charge in [-0.2, -0.15) is 13.2 Å². The number of rotatable bonds is 5. The summed E-state index contributed by atoms with van der Waals surface area (Å²) in [5.41, 5.74) is 7.29. The van der Waals surface area contributed by atoms with Crippen LogP contribution in [0.3, 0.4) is 0 Å². The second-order valence-electron chi connectivity index (χ2n) is 7.14. The number of fused-ring (bicyclic) bond motifs is 2. The molecule has 0 saturated heterocycles. The summed E-state index contributed by atoms with van der Waals surface area (Å²) in [5.74, 6) is -0.454. The summed E-state index contributed by atoms with van der Waals surface area (Å²) in [7, 11) is 0. The van der Waals surface area contributed by atoms with Crippen molar-refractivity contribution in [1.29, 1.82) is 0 Å². The van der Waals surface area contributed by atoms with Gasteiger partial charge < -0.3 is 11.1 Å². The van der Waals surface area contributed by atoms with Crippen molar-refractivity contribution >= 4 is 33.9 Å². The van der Waals surface area contributed by atoms with Crippen molar-refractivity contribution in [1.82, 2.24) is 19.9 Å². The third-order valence-corrected chi connectivity index (χ3v) is 4.97. The van der Waals surface area contributed by atoms with Crippen molar-refractivity contribution in [2.45, 2.75) is 25.9 Å². The molecule has 0 spiro atoms. The van der Waals surface area contributed by atoms with E-state index in [2.05, 4.69) is 15.3 Å². The van der Waals surface area contributed by atoms with Crippen LogP contribution in [-0.2, 0) is 6.18 Å². The Hall–Kier alpha value is -3.62. The molecular weight excluding hydrogens is 407 g/mol. The summed E-state index contributed by atoms with van der Waals surface area (Å²) in [6, 6.07) is 11.8. The topological polar surface area (TPSA) is 85.8 Å². The monoisotopic (exact) mass is 427 g/mol. The van der Waals surface area contributed by atoms with Gasteiger partial charge in [-0.3, -0.25) is 9.36 Å². The summed E-state index contributed by atoms with van der Waals surface area (Å²) < 4.78 is 41.2. The number of hydrogen-bond donors (Lipinski definition) is 2. The van der Waals surface area contributed by atoms with Crippen LogP contribution >= 0.6 is 0 Å². The largest absolute Gasteiger partial charge is 0.416 e. The van der Waals surface area contributed by atoms with Gasteiger partial charge in [0.2, 0.25) is 0 Å². The van der Waals surface area contributed by atoms with E-state index in [-0.39, 0.29) is 28.2 Å². The van der Waals surface area contributed by atoms with Crippen LogP contribution in [0.1, 0.15) is 35.7 Å². The number of benzene rings is 2. The molecule has 160 valence electrons. The Morgan fingerprint density at radius 1 is 1.10 bits per heavy atom. The van der Waals surface area contributed by atoms with Crippen LogP contribution in [0.4, 0.5) is 19.0 Å². The predicted molar refractivity (Wildman–Crippen MR) is 113 cm³/mol. The lowest BCUT2D eigenvalue weighted by Gasteiger charge is -2.12. The highest BCUT2D eigenvalue weighted by Gasteiger charge is 2.31. The highest BCUT2D eigenvalue weighted by Crippen LogP contribution is 2.34. The molecule has 9 heteroatoms. The van der Waals surface area contributed by atoms with Gasteiger partial charge in [0.1, 0.15) is 16.9 Å². The van der Waals surface area contributed by atoms with Gasteiger partial charge in [-0.15, -0.1) is 0 Å². The highest BCUT2D eigenvalue weighted by molar-refractivity contribution is 6.11. The number of amides is 1. The van der Waals surface area contributed by atoms with Crippen molar-refractivity contribution in [2.75, 3.05) is 12.3 Å². The zero-order chi connectivity index (χ0) is 22.2. The lowest BCUT2D eigenvalue weighted by atomic mass is 10.2. The van der Waals surface area contributed by atoms with Crippen molar-refractivity contribution in [2.24, 2.45) is 0 Å². The molecular formula is C22H20F3N5O. The molecule has 0 saturated carbocycles. The SMILES string of the molecule is CCCCNC(=O)c1c(N)n(-c2cccc(C(F)(F)F)c2)c2nc3ccccc3nc12. The first kappa shape index (κ1) is 20.6. The van der Waals surface area contributed by atoms with E-state index in [0.29, 0.717) is 17.6 Å². The number of para-hydroxylation sites is 2. The lowest BCUT2D eigenvalue weighted by molar-refractivity contribution is -0.137. The summed E-state index contributed by atoms with van der Waals surface area (Å²) in [6.07, 6.45) is -2.84. The second-order valence-corrected chi connectivity index (χ2v) is 7.14. The first-order chi connectivity index (χ1) is 14.8. The summed E-state index contributed by atoms with van der Waals surface area (Å²) in [5, 5.41) is 2.80. The Labute approximate surface area is 175 Å². The summed E-state index contributed by atoms with van der Waals surface area (Å²) >= 11 is 0. The number of hydrogen-bond acceptors (Lipinski definition) is 4. The van der Waals surface area contributed by atoms with Crippen molar-refractivity contribution in [3.63, 3.8) is 0 Å². The molecule has 0 bridgehead atoms. The van der Waals surface area contributed by atoms with E-state index in [0.717, 1.165) is 25.0 Å². The standard InChI is InChI=1S/C22H20F3N5O/c1-2-3-11-27-21(31)17-18-20(29-16-10-5-4-9-15(16)28-18)30(19(17)26)14-8-6-7-13(12-14)22(23,24)25/h4-10,12H,2-3,11,26H2,1H3,(H,27,31). The Kier molecular flexibility index (Phi) is 5.26. The maximum absolute atomic E-state index is 13.3. The molecule has 4 rings (SSSR count). The predicted octanol–water partition coefficient (Wildman–Crippen LogP) is 4.70. The van der Waals surface area contributed by atoms with E-state index in [1.165, 1.54) is 16.7 Å². The number of nitrogen functional groups attached to an aromatic ring is 1. The Morgan fingerprint density at radius 2 is 1.81 bits per heavy atom. The van der Waals surface area contributed by atoms with E-state index in [1.807, 2.05) is 6.92 Å². The molecule has 3 N–H and O–H groups in total. The number of unbranched alkanes of at least 4 members (excludes halogenated alkanes) is 1. The van der Waals surface area contributed by atoms with E-state index in [4.69, 9.17) is 5.73 Å². The Bertz CT molecular complexity index is 1280. The number of nitrogens with one attached hydrogen (secondary N) is 1. The van der Waals surface area contributed by atoms with Crippen molar-refractivity contribution < 1.29 is 18.0 Å². The van der Waals surface area contributed by atoms with Crippen LogP contribution < -0.4 is 11.1 Å². The minimum absolute atomic E-state index is 0.0152. The maximum atomic E-state index is 13.3. The minimum atomic E-state index is -4.52. The number of aromatic nitrogens is 3. The quantitative estimate of drug-likeness (QED) is 0.452. The van der Waals surface area contributed by atoms with Crippen LogP contribution in [0.2, 0.25) is 0 Å². The number of carbonyl (C=O) groups excluding carboxylic acids is 1. The Balaban J connectivity index is 1.98. The van der Waals surface area contributed by atoms with E-state index in [1.54, 1.807) is 24.3 Å². The fourth-order valence-electron chi connectivity index (χ4n) is 3.44. The van der Waals surface area contributed by atoms with Gasteiger partial charge in [0.05, 0.1) is 16.6 Å². The van der Waals surface area contributed by atoms with Gasteiger partial charge in [0, 0.05) is 12.2 Å². The molecule has 6 nitrogen and oxygen atoms in total. The molecule has 31 heavy (non-hydrogen) atoms. The van der Waals surface area contributed by atoms with Crippen molar-refractivity contribution in [3.8, 4) is 5.69 Å². The average Bonchev–Trinajstić information content (AvgIpc) is 3.02. The van der Waals surface area contributed by atoms with Crippen LogP contribution in [0.25, 0.3) is 27.9 Å². The van der Waals surface area contributed by atoms with Crippen LogP contribution in [0.15, 0.2) is 48.5 Å². The van der Waals surface area contributed by atoms with Gasteiger partial charge in [0.15, 0.2) is 5.65 Å². The van der Waals surface area contributed by atoms with Crippen LogP contribution in [0, 0.1) is 0 Å². The molecule has 0 radical (unpaired) electrons. The molecule has 0 unspecified atom stereocenters. The van der Waals surface area contributed by atoms with Gasteiger partial charge in [0.25, 0.3) is 5.91 Å². The third kappa shape index (κ3) is 3.78. The van der Waals surface area contributed by atoms with Crippen LogP contribution in [0.5, 0.6) is 0 Å². The smallest absolute Gasteiger partial charge is 0.384 e. The molecule has 2 heterocycles. The molecule has 2 aromatic carbocycles. The number of nitrogens with zero attached hydrogens (tertiary/aromatic N) is 3. The van der Waals surface area contributed by atoms with Crippen molar-refractivity contribution in [3.05, 3.63) is 59.7 Å². The fourth-order valence-corrected chi connectivity index (χ4v) is 3.44. The zero-order valence-corrected chi connectivity index (χ0v) is 16.7. The van der Waals surface area contributed by atoms with E-state index >= 15 is 0 Å². The summed E-state index contributed by atoms with van der Waals surface area (Å²) in [4.78, 5) is 22.0. The molecule has 4 aromatic rings. The van der Waals surface area contributed by atoms with E-state index in [9.17, 15) is 18.0 Å². The average molecular weight is 427 g/mol.